The second-order valence-electron chi connectivity index (χ2n) is 2.84. The molecule has 0 amide bonds. The zero-order valence-corrected chi connectivity index (χ0v) is 8.73. The van der Waals surface area contributed by atoms with E-state index >= 15 is 0 Å². The van der Waals surface area contributed by atoms with Crippen molar-refractivity contribution in [3.8, 4) is 0 Å². The van der Waals surface area contributed by atoms with E-state index in [9.17, 15) is 19.4 Å². The van der Waals surface area contributed by atoms with Crippen LogP contribution in [0.3, 0.4) is 0 Å². The molecule has 1 heterocycles. The largest absolute Gasteiger partial charge is 0.303 e. The smallest absolute Gasteiger partial charge is 0.152 e. The van der Waals surface area contributed by atoms with Gasteiger partial charge in [-0.3, -0.25) is 0 Å². The highest BCUT2D eigenvalue weighted by Crippen LogP contribution is 2.99. The van der Waals surface area contributed by atoms with E-state index in [1.54, 1.807) is 0 Å². The van der Waals surface area contributed by atoms with Gasteiger partial charge in [0.2, 0.25) is 0 Å². The Balaban J connectivity index is 3.24. The third-order valence-corrected chi connectivity index (χ3v) is 2.81. The summed E-state index contributed by atoms with van der Waals surface area (Å²) in [6.07, 6.45) is 0. The summed E-state index contributed by atoms with van der Waals surface area (Å²) in [7, 11) is 0.519. The van der Waals surface area contributed by atoms with Crippen LogP contribution in [0, 0.1) is 0 Å². The molecule has 0 unspecified atom stereocenters. The van der Waals surface area contributed by atoms with Crippen molar-refractivity contribution in [2.45, 2.75) is 0 Å². The van der Waals surface area contributed by atoms with Crippen molar-refractivity contribution in [2.24, 2.45) is 0 Å². The fourth-order valence-electron chi connectivity index (χ4n) is 0.845. The number of halogens is 5. The summed E-state index contributed by atoms with van der Waals surface area (Å²) in [6, 6.07) is 0. The van der Waals surface area contributed by atoms with E-state index in [1.165, 1.54) is 10.8 Å². The van der Waals surface area contributed by atoms with Gasteiger partial charge in [0.05, 0.1) is 5.41 Å². The molecule has 0 fully saturated rings. The lowest BCUT2D eigenvalue weighted by molar-refractivity contribution is 0.385. The van der Waals surface area contributed by atoms with E-state index in [1.807, 2.05) is 0 Å². The van der Waals surface area contributed by atoms with E-state index in [0.29, 0.717) is 0 Å². The first-order valence-electron chi connectivity index (χ1n) is 3.42. The van der Waals surface area contributed by atoms with Crippen molar-refractivity contribution >= 4 is 48.2 Å². The van der Waals surface area contributed by atoms with Gasteiger partial charge in [-0.25, -0.2) is 0 Å². The van der Waals surface area contributed by atoms with Crippen LogP contribution < -0.4 is 5.46 Å². The van der Waals surface area contributed by atoms with Gasteiger partial charge in [0.15, 0.2) is 0 Å². The lowest BCUT2D eigenvalue weighted by Crippen LogP contribution is -2.07. The molecule has 15 heavy (non-hydrogen) atoms. The molecule has 0 saturated carbocycles. The Morgan fingerprint density at radius 1 is 1.20 bits per heavy atom. The third kappa shape index (κ3) is 4.29. The van der Waals surface area contributed by atoms with Gasteiger partial charge in [0, 0.05) is 0 Å². The van der Waals surface area contributed by atoms with Gasteiger partial charge in [0.1, 0.15) is 15.7 Å². The Bertz CT molecular complexity index is 417. The van der Waals surface area contributed by atoms with Gasteiger partial charge in [-0.05, 0) is 16.3 Å². The first kappa shape index (κ1) is 12.6. The molecule has 80 valence electrons. The monoisotopic (exact) mass is 256 g/mol. The summed E-state index contributed by atoms with van der Waals surface area (Å²) in [5.74, 6) is 0. The van der Waals surface area contributed by atoms with Crippen LogP contribution in [0.5, 0.6) is 0 Å². The molecule has 0 aliphatic rings. The van der Waals surface area contributed by atoms with Gasteiger partial charge in [-0.1, -0.05) is 30.4 Å². The molecule has 0 N–H and O–H groups in total. The predicted molar refractivity (Wildman–Crippen MR) is 56.6 cm³/mol. The van der Waals surface area contributed by atoms with Crippen LogP contribution >= 0.6 is 21.6 Å². The van der Waals surface area contributed by atoms with Crippen molar-refractivity contribution in [3.05, 3.63) is 21.7 Å². The fraction of sp³-hybridized carbons (Fsp3) is 0. The maximum atomic E-state index is 12.0. The highest BCUT2D eigenvalue weighted by Gasteiger charge is 2.61. The molecular formula is C6H3B2F5S2. The van der Waals surface area contributed by atoms with E-state index < -0.39 is 21.1 Å². The molecule has 9 heteroatoms. The molecule has 0 atom stereocenters. The molecule has 0 saturated heterocycles. The average Bonchev–Trinajstić information content (AvgIpc) is 2.27. The zero-order valence-electron chi connectivity index (χ0n) is 7.09. The quantitative estimate of drug-likeness (QED) is 0.562. The minimum atomic E-state index is -9.63. The number of rotatable bonds is 2. The lowest BCUT2D eigenvalue weighted by Gasteiger charge is -2.37. The van der Waals surface area contributed by atoms with Crippen LogP contribution in [0.2, 0.25) is 0 Å². The molecule has 1 aromatic heterocycles. The molecule has 0 aliphatic carbocycles. The minimum Gasteiger partial charge on any atom is -0.152 e. The van der Waals surface area contributed by atoms with Crippen LogP contribution in [-0.4, -0.2) is 15.7 Å². The summed E-state index contributed by atoms with van der Waals surface area (Å²) in [5.41, 5.74) is -1.36. The summed E-state index contributed by atoms with van der Waals surface area (Å²) in [4.78, 5) is 0. The van der Waals surface area contributed by atoms with Crippen molar-refractivity contribution in [1.82, 2.24) is 0 Å². The standard InChI is InChI=1S/C6H3B2F5S2/c7-5-2-14-1-4(5)6(8)3-15(9,10,11,12)13/h1-3H/b6-3+. The summed E-state index contributed by atoms with van der Waals surface area (Å²) in [5, 5.41) is 1.34. The second-order valence-corrected chi connectivity index (χ2v) is 5.88. The highest BCUT2D eigenvalue weighted by atomic mass is 32.5. The Hall–Kier alpha value is -0.430. The molecular weight excluding hydrogens is 253 g/mol. The molecule has 0 aliphatic heterocycles. The van der Waals surface area contributed by atoms with Gasteiger partial charge in [-0.2, -0.15) is 11.3 Å². The van der Waals surface area contributed by atoms with E-state index in [4.69, 9.17) is 15.7 Å². The second kappa shape index (κ2) is 2.82. The topological polar surface area (TPSA) is 0 Å². The van der Waals surface area contributed by atoms with Crippen molar-refractivity contribution in [3.63, 3.8) is 0 Å². The van der Waals surface area contributed by atoms with Crippen LogP contribution in [-0.2, 0) is 0 Å². The first-order chi connectivity index (χ1) is 6.38. The Kier molecular flexibility index (Phi) is 2.38. The molecule has 0 nitrogen and oxygen atoms in total. The first-order valence-corrected chi connectivity index (χ1v) is 6.38. The maximum Gasteiger partial charge on any atom is 0.303 e. The van der Waals surface area contributed by atoms with E-state index in [2.05, 4.69) is 0 Å². The maximum absolute atomic E-state index is 12.0. The predicted octanol–water partition coefficient (Wildman–Crippen LogP) is 3.31. The molecule has 1 aromatic rings. The summed E-state index contributed by atoms with van der Waals surface area (Å²) in [6.45, 7) is 0. The van der Waals surface area contributed by atoms with Crippen LogP contribution in [0.4, 0.5) is 19.4 Å². The fourth-order valence-corrected chi connectivity index (χ4v) is 2.20. The number of hydrogen-bond acceptors (Lipinski definition) is 1. The molecule has 0 aromatic carbocycles. The Morgan fingerprint density at radius 2 is 1.73 bits per heavy atom. The van der Waals surface area contributed by atoms with Crippen LogP contribution in [0.15, 0.2) is 16.2 Å². The van der Waals surface area contributed by atoms with Crippen molar-refractivity contribution in [1.29, 1.82) is 0 Å². The Labute approximate surface area is 89.7 Å². The highest BCUT2D eigenvalue weighted by molar-refractivity contribution is 8.48. The third-order valence-electron chi connectivity index (χ3n) is 1.35. The van der Waals surface area contributed by atoms with Gasteiger partial charge in [-0.15, -0.1) is 0 Å². The molecule has 0 spiro atoms. The summed E-state index contributed by atoms with van der Waals surface area (Å²) >= 11 is 0.973. The Morgan fingerprint density at radius 3 is 2.07 bits per heavy atom. The van der Waals surface area contributed by atoms with E-state index in [-0.39, 0.29) is 11.0 Å². The molecule has 4 radical (unpaired) electrons. The van der Waals surface area contributed by atoms with Crippen LogP contribution in [0.1, 0.15) is 5.56 Å². The van der Waals surface area contributed by atoms with Gasteiger partial charge < -0.3 is 0 Å². The SMILES string of the molecule is [B]/C(=C/S(F)(F)(F)(F)F)c1cscc1[B]. The molecule has 0 bridgehead atoms. The van der Waals surface area contributed by atoms with Gasteiger partial charge in [0.25, 0.3) is 0 Å². The normalized spacial score (nSPS) is 18.3. The lowest BCUT2D eigenvalue weighted by atomic mass is 9.83. The van der Waals surface area contributed by atoms with E-state index in [0.717, 1.165) is 11.3 Å². The number of thiophene rings is 1. The molecule has 1 rings (SSSR count). The van der Waals surface area contributed by atoms with Crippen molar-refractivity contribution in [2.75, 3.05) is 0 Å². The van der Waals surface area contributed by atoms with Crippen molar-refractivity contribution < 1.29 is 19.4 Å². The minimum absolute atomic E-state index is 0.0596. The van der Waals surface area contributed by atoms with Gasteiger partial charge >= 0.3 is 10.2 Å². The number of hydrogen-bond donors (Lipinski definition) is 0. The average molecular weight is 256 g/mol. The summed E-state index contributed by atoms with van der Waals surface area (Å²) < 4.78 is 60.0. The zero-order chi connectivity index (χ0) is 12.0. The van der Waals surface area contributed by atoms with Crippen LogP contribution in [0.25, 0.3) is 5.47 Å².